The van der Waals surface area contributed by atoms with Gasteiger partial charge in [-0.1, -0.05) is 6.07 Å². The predicted octanol–water partition coefficient (Wildman–Crippen LogP) is 1.43. The quantitative estimate of drug-likeness (QED) is 0.756. The van der Waals surface area contributed by atoms with E-state index in [2.05, 4.69) is 15.4 Å². The Morgan fingerprint density at radius 3 is 2.70 bits per heavy atom. The van der Waals surface area contributed by atoms with Crippen molar-refractivity contribution in [3.8, 4) is 0 Å². The van der Waals surface area contributed by atoms with E-state index in [1.54, 1.807) is 12.1 Å². The highest BCUT2D eigenvalue weighted by atomic mass is 32.2. The Bertz CT molecular complexity index is 667. The van der Waals surface area contributed by atoms with E-state index < -0.39 is 10.0 Å². The Labute approximate surface area is 135 Å². The van der Waals surface area contributed by atoms with Crippen molar-refractivity contribution in [3.05, 3.63) is 24.3 Å². The summed E-state index contributed by atoms with van der Waals surface area (Å²) in [6.07, 6.45) is 3.56. The van der Waals surface area contributed by atoms with E-state index in [0.29, 0.717) is 12.3 Å². The van der Waals surface area contributed by atoms with E-state index in [0.717, 1.165) is 32.3 Å². The van der Waals surface area contributed by atoms with Crippen LogP contribution in [0.1, 0.15) is 25.7 Å². The van der Waals surface area contributed by atoms with Gasteiger partial charge in [0.2, 0.25) is 10.0 Å². The number of carbonyl (C=O) groups excluding carboxylic acids is 1. The van der Waals surface area contributed by atoms with Crippen LogP contribution in [0.4, 0.5) is 10.5 Å². The summed E-state index contributed by atoms with van der Waals surface area (Å²) in [4.78, 5) is 12.1. The zero-order valence-electron chi connectivity index (χ0n) is 12.7. The number of anilines is 1. The van der Waals surface area contributed by atoms with Crippen LogP contribution >= 0.6 is 0 Å². The highest BCUT2D eigenvalue weighted by Gasteiger charge is 2.28. The number of amides is 2. The third-order valence-corrected chi connectivity index (χ3v) is 5.32. The molecule has 0 radical (unpaired) electrons. The van der Waals surface area contributed by atoms with Gasteiger partial charge in [0.1, 0.15) is 0 Å². The summed E-state index contributed by atoms with van der Waals surface area (Å²) in [5.41, 5.74) is 0.442. The second kappa shape index (κ2) is 6.86. The first-order chi connectivity index (χ1) is 11.0. The number of rotatable bonds is 5. The van der Waals surface area contributed by atoms with Crippen molar-refractivity contribution < 1.29 is 17.9 Å². The number of benzene rings is 1. The first-order valence-electron chi connectivity index (χ1n) is 7.80. The van der Waals surface area contributed by atoms with E-state index in [9.17, 15) is 13.2 Å². The zero-order chi connectivity index (χ0) is 16.3. The van der Waals surface area contributed by atoms with Gasteiger partial charge in [0, 0.05) is 18.3 Å². The van der Waals surface area contributed by atoms with E-state index in [4.69, 9.17) is 4.74 Å². The number of carbonyl (C=O) groups is 1. The first-order valence-corrected chi connectivity index (χ1v) is 9.29. The van der Waals surface area contributed by atoms with Gasteiger partial charge in [-0.3, -0.25) is 0 Å². The van der Waals surface area contributed by atoms with E-state index in [1.807, 2.05) is 0 Å². The first kappa shape index (κ1) is 16.2. The fourth-order valence-electron chi connectivity index (χ4n) is 2.44. The summed E-state index contributed by atoms with van der Waals surface area (Å²) >= 11 is 0. The minimum atomic E-state index is -3.52. The zero-order valence-corrected chi connectivity index (χ0v) is 13.6. The van der Waals surface area contributed by atoms with E-state index in [-0.39, 0.29) is 23.0 Å². The van der Waals surface area contributed by atoms with Gasteiger partial charge in [-0.05, 0) is 43.9 Å². The van der Waals surface area contributed by atoms with Crippen LogP contribution in [0.3, 0.4) is 0 Å². The van der Waals surface area contributed by atoms with Crippen LogP contribution in [0.5, 0.6) is 0 Å². The SMILES string of the molecule is O=C(Nc1cccc(S(=O)(=O)NC2CC2)c1)N[C@@H]1CCCOC1. The van der Waals surface area contributed by atoms with Crippen molar-refractivity contribution in [2.75, 3.05) is 18.5 Å². The van der Waals surface area contributed by atoms with Gasteiger partial charge < -0.3 is 15.4 Å². The molecule has 1 aromatic carbocycles. The van der Waals surface area contributed by atoms with Crippen LogP contribution in [-0.4, -0.2) is 39.7 Å². The summed E-state index contributed by atoms with van der Waals surface area (Å²) in [5, 5.41) is 5.50. The third-order valence-electron chi connectivity index (χ3n) is 3.80. The molecule has 0 unspecified atom stereocenters. The molecule has 7 nitrogen and oxygen atoms in total. The Hall–Kier alpha value is -1.64. The van der Waals surface area contributed by atoms with Crippen LogP contribution in [0.2, 0.25) is 0 Å². The molecule has 1 atom stereocenters. The summed E-state index contributed by atoms with van der Waals surface area (Å²) in [6, 6.07) is 5.93. The van der Waals surface area contributed by atoms with Crippen molar-refractivity contribution >= 4 is 21.7 Å². The highest BCUT2D eigenvalue weighted by molar-refractivity contribution is 7.89. The molecule has 2 fully saturated rings. The lowest BCUT2D eigenvalue weighted by Crippen LogP contribution is -2.42. The minimum Gasteiger partial charge on any atom is -0.379 e. The largest absolute Gasteiger partial charge is 0.379 e. The molecule has 8 heteroatoms. The lowest BCUT2D eigenvalue weighted by molar-refractivity contribution is 0.0739. The molecule has 1 heterocycles. The average Bonchev–Trinajstić information content (AvgIpc) is 3.32. The normalized spacial score (nSPS) is 21.7. The van der Waals surface area contributed by atoms with Crippen molar-refractivity contribution in [3.63, 3.8) is 0 Å². The molecule has 2 aliphatic rings. The monoisotopic (exact) mass is 339 g/mol. The van der Waals surface area contributed by atoms with Crippen LogP contribution in [0.15, 0.2) is 29.2 Å². The maximum Gasteiger partial charge on any atom is 0.319 e. The second-order valence-electron chi connectivity index (χ2n) is 5.94. The molecule has 1 aliphatic carbocycles. The number of urea groups is 1. The third kappa shape index (κ3) is 4.66. The summed E-state index contributed by atoms with van der Waals surface area (Å²) < 4.78 is 32.3. The molecule has 126 valence electrons. The molecular weight excluding hydrogens is 318 g/mol. The van der Waals surface area contributed by atoms with E-state index in [1.165, 1.54) is 12.1 Å². The Kier molecular flexibility index (Phi) is 4.84. The van der Waals surface area contributed by atoms with Crippen LogP contribution in [0.25, 0.3) is 0 Å². The molecule has 3 N–H and O–H groups in total. The van der Waals surface area contributed by atoms with Crippen molar-refractivity contribution in [1.29, 1.82) is 0 Å². The van der Waals surface area contributed by atoms with Crippen LogP contribution < -0.4 is 15.4 Å². The van der Waals surface area contributed by atoms with Gasteiger partial charge >= 0.3 is 6.03 Å². The lowest BCUT2D eigenvalue weighted by Gasteiger charge is -2.23. The lowest BCUT2D eigenvalue weighted by atomic mass is 10.1. The average molecular weight is 339 g/mol. The maximum absolute atomic E-state index is 12.2. The highest BCUT2D eigenvalue weighted by Crippen LogP contribution is 2.23. The molecule has 0 spiro atoms. The van der Waals surface area contributed by atoms with Crippen molar-refractivity contribution in [1.82, 2.24) is 10.0 Å². The Morgan fingerprint density at radius 2 is 2.00 bits per heavy atom. The summed E-state index contributed by atoms with van der Waals surface area (Å²) in [6.45, 7) is 1.24. The summed E-state index contributed by atoms with van der Waals surface area (Å²) in [7, 11) is -3.52. The molecule has 1 saturated heterocycles. The molecule has 1 aliphatic heterocycles. The molecule has 0 bridgehead atoms. The topological polar surface area (TPSA) is 96.5 Å². The molecule has 1 aromatic rings. The van der Waals surface area contributed by atoms with Gasteiger partial charge in [0.15, 0.2) is 0 Å². The van der Waals surface area contributed by atoms with Gasteiger partial charge in [0.05, 0.1) is 17.5 Å². The van der Waals surface area contributed by atoms with Crippen LogP contribution in [-0.2, 0) is 14.8 Å². The fourth-order valence-corrected chi connectivity index (χ4v) is 3.79. The molecule has 2 amide bonds. The standard InChI is InChI=1S/C15H21N3O4S/c19-15(17-13-4-2-8-22-10-13)16-12-3-1-5-14(9-12)23(20,21)18-11-6-7-11/h1,3,5,9,11,13,18H,2,4,6-8,10H2,(H2,16,17,19)/t13-/m1/s1. The molecular formula is C15H21N3O4S. The minimum absolute atomic E-state index is 0.00722. The molecule has 1 saturated carbocycles. The summed E-state index contributed by atoms with van der Waals surface area (Å²) in [5.74, 6) is 0. The second-order valence-corrected chi connectivity index (χ2v) is 7.65. The molecule has 3 rings (SSSR count). The number of sulfonamides is 1. The Morgan fingerprint density at radius 1 is 1.17 bits per heavy atom. The van der Waals surface area contributed by atoms with Crippen LogP contribution in [0, 0.1) is 0 Å². The molecule has 0 aromatic heterocycles. The smallest absolute Gasteiger partial charge is 0.319 e. The van der Waals surface area contributed by atoms with Gasteiger partial charge in [-0.2, -0.15) is 0 Å². The number of nitrogens with one attached hydrogen (secondary N) is 3. The Balaban J connectivity index is 1.61. The fraction of sp³-hybridized carbons (Fsp3) is 0.533. The molecule has 23 heavy (non-hydrogen) atoms. The number of ether oxygens (including phenoxy) is 1. The number of hydrogen-bond donors (Lipinski definition) is 3. The van der Waals surface area contributed by atoms with Crippen molar-refractivity contribution in [2.45, 2.75) is 42.7 Å². The van der Waals surface area contributed by atoms with Gasteiger partial charge in [-0.15, -0.1) is 0 Å². The predicted molar refractivity (Wildman–Crippen MR) is 85.8 cm³/mol. The van der Waals surface area contributed by atoms with Crippen molar-refractivity contribution in [2.24, 2.45) is 0 Å². The number of hydrogen-bond acceptors (Lipinski definition) is 4. The van der Waals surface area contributed by atoms with E-state index >= 15 is 0 Å². The maximum atomic E-state index is 12.2. The van der Waals surface area contributed by atoms with Gasteiger partial charge in [-0.25, -0.2) is 17.9 Å². The van der Waals surface area contributed by atoms with Gasteiger partial charge in [0.25, 0.3) is 0 Å².